The van der Waals surface area contributed by atoms with Crippen LogP contribution in [0, 0.1) is 0 Å². The molecule has 1 aromatic rings. The van der Waals surface area contributed by atoms with Gasteiger partial charge in [-0.05, 0) is 39.8 Å². The molecule has 122 valence electrons. The van der Waals surface area contributed by atoms with Gasteiger partial charge in [-0.2, -0.15) is 0 Å². The fraction of sp³-hybridized carbons (Fsp3) is 0.714. The number of hydrogen-bond acceptors (Lipinski definition) is 4. The van der Waals surface area contributed by atoms with Crippen LogP contribution in [0.25, 0.3) is 0 Å². The molecular weight excluding hydrogens is 290 g/mol. The molecule has 1 rings (SSSR count). The summed E-state index contributed by atoms with van der Waals surface area (Å²) in [5.74, 6) is 0. The summed E-state index contributed by atoms with van der Waals surface area (Å²) in [4.78, 5) is 3.23. The number of rotatable bonds is 10. The Morgan fingerprint density at radius 3 is 2.67 bits per heavy atom. The standard InChI is InChI=1S/C14H27N3O3S/c1-5-7-15-9-12-8-13(10-16-12)21(18,19)17-11-14(3,4)20-6-2/h8,10,15-17H,5-7,9,11H2,1-4H3. The van der Waals surface area contributed by atoms with E-state index in [4.69, 9.17) is 4.74 Å². The maximum atomic E-state index is 12.2. The Morgan fingerprint density at radius 2 is 2.05 bits per heavy atom. The molecule has 1 heterocycles. The SMILES string of the molecule is CCCNCc1cc(S(=O)(=O)NCC(C)(C)OCC)c[nH]1. The minimum atomic E-state index is -3.51. The Kier molecular flexibility index (Phi) is 6.86. The lowest BCUT2D eigenvalue weighted by Crippen LogP contribution is -2.40. The summed E-state index contributed by atoms with van der Waals surface area (Å²) in [5, 5.41) is 3.22. The monoisotopic (exact) mass is 317 g/mol. The summed E-state index contributed by atoms with van der Waals surface area (Å²) < 4.78 is 32.5. The third-order valence-electron chi connectivity index (χ3n) is 2.99. The predicted octanol–water partition coefficient (Wildman–Crippen LogP) is 1.61. The molecule has 3 N–H and O–H groups in total. The van der Waals surface area contributed by atoms with Crippen LogP contribution in [-0.2, 0) is 21.3 Å². The van der Waals surface area contributed by atoms with E-state index in [-0.39, 0.29) is 11.4 Å². The van der Waals surface area contributed by atoms with Gasteiger partial charge in [0.2, 0.25) is 10.0 Å². The fourth-order valence-corrected chi connectivity index (χ4v) is 3.09. The van der Waals surface area contributed by atoms with Gasteiger partial charge in [-0.15, -0.1) is 0 Å². The number of nitrogens with one attached hydrogen (secondary N) is 3. The van der Waals surface area contributed by atoms with Crippen molar-refractivity contribution in [3.8, 4) is 0 Å². The molecular formula is C14H27N3O3S. The molecule has 0 fully saturated rings. The molecule has 0 radical (unpaired) electrons. The molecule has 0 aliphatic carbocycles. The summed E-state index contributed by atoms with van der Waals surface area (Å²) in [7, 11) is -3.51. The Labute approximate surface area is 127 Å². The second kappa shape index (κ2) is 7.93. The highest BCUT2D eigenvalue weighted by atomic mass is 32.2. The molecule has 0 amide bonds. The van der Waals surface area contributed by atoms with Crippen molar-refractivity contribution in [2.75, 3.05) is 19.7 Å². The molecule has 0 aromatic carbocycles. The van der Waals surface area contributed by atoms with E-state index < -0.39 is 15.6 Å². The molecule has 0 saturated carbocycles. The number of hydrogen-bond donors (Lipinski definition) is 3. The second-order valence-electron chi connectivity index (χ2n) is 5.55. The quantitative estimate of drug-likeness (QED) is 0.573. The van der Waals surface area contributed by atoms with Crippen LogP contribution in [0.4, 0.5) is 0 Å². The van der Waals surface area contributed by atoms with Crippen molar-refractivity contribution < 1.29 is 13.2 Å². The van der Waals surface area contributed by atoms with Gasteiger partial charge in [-0.25, -0.2) is 13.1 Å². The maximum Gasteiger partial charge on any atom is 0.242 e. The number of ether oxygens (including phenoxy) is 1. The van der Waals surface area contributed by atoms with Crippen LogP contribution in [0.2, 0.25) is 0 Å². The Morgan fingerprint density at radius 1 is 1.33 bits per heavy atom. The fourth-order valence-electron chi connectivity index (χ4n) is 1.87. The van der Waals surface area contributed by atoms with Crippen LogP contribution >= 0.6 is 0 Å². The van der Waals surface area contributed by atoms with Crippen molar-refractivity contribution in [1.82, 2.24) is 15.0 Å². The van der Waals surface area contributed by atoms with Gasteiger partial charge in [0.25, 0.3) is 0 Å². The van der Waals surface area contributed by atoms with Crippen LogP contribution in [0.15, 0.2) is 17.2 Å². The van der Waals surface area contributed by atoms with Crippen LogP contribution < -0.4 is 10.0 Å². The van der Waals surface area contributed by atoms with Crippen LogP contribution in [0.5, 0.6) is 0 Å². The van der Waals surface area contributed by atoms with Gasteiger partial charge < -0.3 is 15.0 Å². The third-order valence-corrected chi connectivity index (χ3v) is 4.37. The summed E-state index contributed by atoms with van der Waals surface area (Å²) >= 11 is 0. The van der Waals surface area contributed by atoms with Gasteiger partial charge in [0.1, 0.15) is 0 Å². The highest BCUT2D eigenvalue weighted by molar-refractivity contribution is 7.89. The molecule has 21 heavy (non-hydrogen) atoms. The smallest absolute Gasteiger partial charge is 0.242 e. The van der Waals surface area contributed by atoms with Crippen molar-refractivity contribution >= 4 is 10.0 Å². The van der Waals surface area contributed by atoms with E-state index in [9.17, 15) is 8.42 Å². The zero-order chi connectivity index (χ0) is 15.9. The van der Waals surface area contributed by atoms with Gasteiger partial charge in [-0.1, -0.05) is 6.92 Å². The number of aromatic amines is 1. The number of sulfonamides is 1. The molecule has 0 spiro atoms. The molecule has 0 unspecified atom stereocenters. The molecule has 0 aliphatic heterocycles. The largest absolute Gasteiger partial charge is 0.375 e. The average Bonchev–Trinajstić information content (AvgIpc) is 2.87. The molecule has 7 heteroatoms. The molecule has 1 aromatic heterocycles. The average molecular weight is 317 g/mol. The lowest BCUT2D eigenvalue weighted by atomic mass is 10.1. The number of aromatic nitrogens is 1. The zero-order valence-electron chi connectivity index (χ0n) is 13.3. The van der Waals surface area contributed by atoms with E-state index in [1.54, 1.807) is 6.07 Å². The van der Waals surface area contributed by atoms with Gasteiger partial charge in [0, 0.05) is 31.6 Å². The van der Waals surface area contributed by atoms with Gasteiger partial charge in [-0.3, -0.25) is 0 Å². The molecule has 0 bridgehead atoms. The van der Waals surface area contributed by atoms with E-state index in [1.165, 1.54) is 6.20 Å². The minimum absolute atomic E-state index is 0.234. The summed E-state index contributed by atoms with van der Waals surface area (Å²) in [6.45, 7) is 10.0. The Balaban J connectivity index is 2.62. The van der Waals surface area contributed by atoms with Crippen molar-refractivity contribution in [1.29, 1.82) is 0 Å². The van der Waals surface area contributed by atoms with E-state index in [1.807, 2.05) is 20.8 Å². The zero-order valence-corrected chi connectivity index (χ0v) is 14.1. The maximum absolute atomic E-state index is 12.2. The Bertz CT molecular complexity index is 523. The third kappa shape index (κ3) is 6.17. The van der Waals surface area contributed by atoms with Crippen molar-refractivity contribution in [2.24, 2.45) is 0 Å². The lowest BCUT2D eigenvalue weighted by Gasteiger charge is -2.24. The van der Waals surface area contributed by atoms with Crippen molar-refractivity contribution in [2.45, 2.75) is 51.2 Å². The van der Waals surface area contributed by atoms with E-state index in [0.717, 1.165) is 18.7 Å². The first-order valence-corrected chi connectivity index (χ1v) is 8.80. The molecule has 0 saturated heterocycles. The number of H-pyrrole nitrogens is 1. The first-order chi connectivity index (χ1) is 9.80. The molecule has 0 aliphatic rings. The predicted molar refractivity (Wildman–Crippen MR) is 83.7 cm³/mol. The van der Waals surface area contributed by atoms with E-state index in [0.29, 0.717) is 13.2 Å². The Hall–Kier alpha value is -0.890. The van der Waals surface area contributed by atoms with Crippen LogP contribution in [0.3, 0.4) is 0 Å². The van der Waals surface area contributed by atoms with Gasteiger partial charge >= 0.3 is 0 Å². The van der Waals surface area contributed by atoms with E-state index >= 15 is 0 Å². The summed E-state index contributed by atoms with van der Waals surface area (Å²) in [5.41, 5.74) is 0.330. The normalized spacial score (nSPS) is 12.8. The van der Waals surface area contributed by atoms with Crippen LogP contribution in [-0.4, -0.2) is 38.7 Å². The highest BCUT2D eigenvalue weighted by Gasteiger charge is 2.23. The topological polar surface area (TPSA) is 83.2 Å². The van der Waals surface area contributed by atoms with Crippen molar-refractivity contribution in [3.05, 3.63) is 18.0 Å². The lowest BCUT2D eigenvalue weighted by molar-refractivity contribution is -0.00515. The van der Waals surface area contributed by atoms with Gasteiger partial charge in [0.15, 0.2) is 0 Å². The van der Waals surface area contributed by atoms with E-state index in [2.05, 4.69) is 21.9 Å². The first-order valence-electron chi connectivity index (χ1n) is 7.32. The summed E-state index contributed by atoms with van der Waals surface area (Å²) in [6.07, 6.45) is 2.55. The second-order valence-corrected chi connectivity index (χ2v) is 7.32. The van der Waals surface area contributed by atoms with Crippen LogP contribution in [0.1, 0.15) is 39.8 Å². The molecule has 0 atom stereocenters. The van der Waals surface area contributed by atoms with Crippen molar-refractivity contribution in [3.63, 3.8) is 0 Å². The first kappa shape index (κ1) is 18.2. The summed E-state index contributed by atoms with van der Waals surface area (Å²) in [6, 6.07) is 1.65. The molecule has 6 nitrogen and oxygen atoms in total. The van der Waals surface area contributed by atoms with Gasteiger partial charge in [0.05, 0.1) is 10.5 Å². The highest BCUT2D eigenvalue weighted by Crippen LogP contribution is 2.13. The minimum Gasteiger partial charge on any atom is -0.375 e.